The standard InChI is InChI=1S/C13H9Br2ClO/c14-10-5-6-13(11(15)7-10)17-12-4-2-1-3-9(12)8-16/h1-7H,8H2. The summed E-state index contributed by atoms with van der Waals surface area (Å²) < 4.78 is 7.74. The Labute approximate surface area is 122 Å². The molecule has 88 valence electrons. The van der Waals surface area contributed by atoms with Crippen molar-refractivity contribution in [1.82, 2.24) is 0 Å². The Morgan fingerprint density at radius 1 is 1.00 bits per heavy atom. The molecule has 0 aromatic heterocycles. The smallest absolute Gasteiger partial charge is 0.141 e. The third-order valence-electron chi connectivity index (χ3n) is 2.23. The Balaban J connectivity index is 2.31. The van der Waals surface area contributed by atoms with Crippen LogP contribution in [-0.2, 0) is 5.88 Å². The summed E-state index contributed by atoms with van der Waals surface area (Å²) in [5.74, 6) is 1.99. The van der Waals surface area contributed by atoms with Gasteiger partial charge in [-0.1, -0.05) is 34.1 Å². The van der Waals surface area contributed by atoms with Crippen molar-refractivity contribution in [3.05, 3.63) is 57.0 Å². The van der Waals surface area contributed by atoms with E-state index in [0.717, 1.165) is 26.0 Å². The van der Waals surface area contributed by atoms with Crippen LogP contribution >= 0.6 is 43.5 Å². The van der Waals surface area contributed by atoms with Crippen LogP contribution in [0.1, 0.15) is 5.56 Å². The highest BCUT2D eigenvalue weighted by molar-refractivity contribution is 9.11. The summed E-state index contributed by atoms with van der Waals surface area (Å²) in [6, 6.07) is 13.5. The Bertz CT molecular complexity index is 529. The van der Waals surface area contributed by atoms with Gasteiger partial charge in [0, 0.05) is 10.0 Å². The van der Waals surface area contributed by atoms with Crippen LogP contribution in [-0.4, -0.2) is 0 Å². The maximum Gasteiger partial charge on any atom is 0.141 e. The van der Waals surface area contributed by atoms with Crippen molar-refractivity contribution in [2.75, 3.05) is 0 Å². The van der Waals surface area contributed by atoms with Gasteiger partial charge >= 0.3 is 0 Å². The molecule has 0 aliphatic rings. The van der Waals surface area contributed by atoms with E-state index in [9.17, 15) is 0 Å². The number of ether oxygens (including phenoxy) is 1. The van der Waals surface area contributed by atoms with Gasteiger partial charge in [-0.3, -0.25) is 0 Å². The lowest BCUT2D eigenvalue weighted by Crippen LogP contribution is -1.90. The molecule has 0 N–H and O–H groups in total. The largest absolute Gasteiger partial charge is 0.456 e. The molecule has 0 fully saturated rings. The first-order valence-electron chi connectivity index (χ1n) is 4.97. The van der Waals surface area contributed by atoms with Crippen LogP contribution in [0.2, 0.25) is 0 Å². The second-order valence-electron chi connectivity index (χ2n) is 3.42. The molecule has 0 aliphatic heterocycles. The van der Waals surface area contributed by atoms with Gasteiger partial charge < -0.3 is 4.74 Å². The van der Waals surface area contributed by atoms with E-state index in [0.29, 0.717) is 5.88 Å². The highest BCUT2D eigenvalue weighted by Crippen LogP contribution is 2.33. The number of hydrogen-bond donors (Lipinski definition) is 0. The van der Waals surface area contributed by atoms with Crippen LogP contribution < -0.4 is 4.74 Å². The van der Waals surface area contributed by atoms with E-state index in [1.54, 1.807) is 0 Å². The predicted octanol–water partition coefficient (Wildman–Crippen LogP) is 5.74. The third-order valence-corrected chi connectivity index (χ3v) is 3.63. The molecule has 2 aromatic carbocycles. The van der Waals surface area contributed by atoms with E-state index in [-0.39, 0.29) is 0 Å². The van der Waals surface area contributed by atoms with Gasteiger partial charge in [-0.05, 0) is 40.2 Å². The number of para-hydroxylation sites is 1. The molecule has 4 heteroatoms. The van der Waals surface area contributed by atoms with Crippen LogP contribution in [0, 0.1) is 0 Å². The number of alkyl halides is 1. The fourth-order valence-electron chi connectivity index (χ4n) is 1.39. The average molecular weight is 376 g/mol. The molecule has 0 saturated heterocycles. The third kappa shape index (κ3) is 3.24. The van der Waals surface area contributed by atoms with Crippen LogP contribution in [0.3, 0.4) is 0 Å². The lowest BCUT2D eigenvalue weighted by molar-refractivity contribution is 0.475. The summed E-state index contributed by atoms with van der Waals surface area (Å²) in [4.78, 5) is 0. The van der Waals surface area contributed by atoms with Crippen LogP contribution in [0.4, 0.5) is 0 Å². The van der Waals surface area contributed by atoms with Gasteiger partial charge in [-0.2, -0.15) is 0 Å². The summed E-state index contributed by atoms with van der Waals surface area (Å²) >= 11 is 12.7. The molecule has 0 radical (unpaired) electrons. The number of rotatable bonds is 3. The van der Waals surface area contributed by atoms with Crippen molar-refractivity contribution in [2.24, 2.45) is 0 Å². The van der Waals surface area contributed by atoms with Crippen molar-refractivity contribution in [2.45, 2.75) is 5.88 Å². The second-order valence-corrected chi connectivity index (χ2v) is 5.46. The van der Waals surface area contributed by atoms with Crippen LogP contribution in [0.15, 0.2) is 51.4 Å². The fourth-order valence-corrected chi connectivity index (χ4v) is 2.74. The van der Waals surface area contributed by atoms with Gasteiger partial charge in [0.25, 0.3) is 0 Å². The van der Waals surface area contributed by atoms with E-state index in [4.69, 9.17) is 16.3 Å². The fraction of sp³-hybridized carbons (Fsp3) is 0.0769. The van der Waals surface area contributed by atoms with Gasteiger partial charge in [0.05, 0.1) is 10.4 Å². The SMILES string of the molecule is ClCc1ccccc1Oc1ccc(Br)cc1Br. The maximum atomic E-state index is 5.86. The maximum absolute atomic E-state index is 5.86. The Morgan fingerprint density at radius 2 is 1.76 bits per heavy atom. The molecule has 0 heterocycles. The Hall–Kier alpha value is -0.510. The molecular weight excluding hydrogens is 367 g/mol. The van der Waals surface area contributed by atoms with E-state index in [1.807, 2.05) is 42.5 Å². The average Bonchev–Trinajstić information content (AvgIpc) is 2.33. The molecule has 2 aromatic rings. The first-order chi connectivity index (χ1) is 8.20. The lowest BCUT2D eigenvalue weighted by atomic mass is 10.2. The lowest BCUT2D eigenvalue weighted by Gasteiger charge is -2.10. The van der Waals surface area contributed by atoms with Gasteiger partial charge in [-0.15, -0.1) is 11.6 Å². The molecule has 0 saturated carbocycles. The summed E-state index contributed by atoms with van der Waals surface area (Å²) in [5.41, 5.74) is 0.976. The molecule has 1 nitrogen and oxygen atoms in total. The van der Waals surface area contributed by atoms with Gasteiger partial charge in [0.2, 0.25) is 0 Å². The quantitative estimate of drug-likeness (QED) is 0.621. The van der Waals surface area contributed by atoms with E-state index in [1.165, 1.54) is 0 Å². The zero-order chi connectivity index (χ0) is 12.3. The summed E-state index contributed by atoms with van der Waals surface area (Å²) in [6.45, 7) is 0. The Morgan fingerprint density at radius 3 is 2.47 bits per heavy atom. The minimum absolute atomic E-state index is 0.435. The van der Waals surface area contributed by atoms with Crippen LogP contribution in [0.5, 0.6) is 11.5 Å². The topological polar surface area (TPSA) is 9.23 Å². The van der Waals surface area contributed by atoms with E-state index >= 15 is 0 Å². The zero-order valence-electron chi connectivity index (χ0n) is 8.79. The highest BCUT2D eigenvalue weighted by atomic mass is 79.9. The molecular formula is C13H9Br2ClO. The van der Waals surface area contributed by atoms with Gasteiger partial charge in [-0.25, -0.2) is 0 Å². The van der Waals surface area contributed by atoms with Crippen LogP contribution in [0.25, 0.3) is 0 Å². The Kier molecular flexibility index (Phi) is 4.48. The van der Waals surface area contributed by atoms with E-state index in [2.05, 4.69) is 31.9 Å². The second kappa shape index (κ2) is 5.89. The minimum atomic E-state index is 0.435. The molecule has 0 bridgehead atoms. The van der Waals surface area contributed by atoms with Crippen molar-refractivity contribution >= 4 is 43.5 Å². The van der Waals surface area contributed by atoms with Crippen molar-refractivity contribution in [1.29, 1.82) is 0 Å². The minimum Gasteiger partial charge on any atom is -0.456 e. The van der Waals surface area contributed by atoms with Gasteiger partial charge in [0.1, 0.15) is 11.5 Å². The summed E-state index contributed by atoms with van der Waals surface area (Å²) in [5, 5.41) is 0. The van der Waals surface area contributed by atoms with Crippen molar-refractivity contribution < 1.29 is 4.74 Å². The first kappa shape index (κ1) is 12.9. The molecule has 0 aliphatic carbocycles. The zero-order valence-corrected chi connectivity index (χ0v) is 12.7. The summed E-state index contributed by atoms with van der Waals surface area (Å²) in [6.07, 6.45) is 0. The molecule has 17 heavy (non-hydrogen) atoms. The van der Waals surface area contributed by atoms with Gasteiger partial charge in [0.15, 0.2) is 0 Å². The normalized spacial score (nSPS) is 10.3. The number of benzene rings is 2. The molecule has 0 spiro atoms. The molecule has 0 atom stereocenters. The monoisotopic (exact) mass is 374 g/mol. The number of hydrogen-bond acceptors (Lipinski definition) is 1. The summed E-state index contributed by atoms with van der Waals surface area (Å²) in [7, 11) is 0. The highest BCUT2D eigenvalue weighted by Gasteiger charge is 2.06. The van der Waals surface area contributed by atoms with E-state index < -0.39 is 0 Å². The predicted molar refractivity (Wildman–Crippen MR) is 77.9 cm³/mol. The molecule has 2 rings (SSSR count). The van der Waals surface area contributed by atoms with Crippen molar-refractivity contribution in [3.63, 3.8) is 0 Å². The van der Waals surface area contributed by atoms with Crippen molar-refractivity contribution in [3.8, 4) is 11.5 Å². The number of halogens is 3. The molecule has 0 amide bonds. The molecule has 0 unspecified atom stereocenters. The first-order valence-corrected chi connectivity index (χ1v) is 7.09.